The summed E-state index contributed by atoms with van der Waals surface area (Å²) in [5.41, 5.74) is 0. The fourth-order valence-corrected chi connectivity index (χ4v) is 0.595. The van der Waals surface area contributed by atoms with E-state index in [4.69, 9.17) is 0 Å². The zero-order valence-corrected chi connectivity index (χ0v) is 7.69. The van der Waals surface area contributed by atoms with E-state index in [1.165, 1.54) is 7.11 Å². The summed E-state index contributed by atoms with van der Waals surface area (Å²) in [6, 6.07) is 0. The smallest absolute Gasteiger partial charge is 0.411 e. The molecule has 0 aromatic heterocycles. The van der Waals surface area contributed by atoms with E-state index in [-0.39, 0.29) is 19.7 Å². The Morgan fingerprint density at radius 2 is 2.07 bits per heavy atom. The molecule has 0 rings (SSSR count). The van der Waals surface area contributed by atoms with E-state index in [0.717, 1.165) is 0 Å². The van der Waals surface area contributed by atoms with Gasteiger partial charge < -0.3 is 14.8 Å². The van der Waals surface area contributed by atoms with Gasteiger partial charge in [0.15, 0.2) is 0 Å². The largest absolute Gasteiger partial charge is 0.468 e. The first-order valence-electron chi connectivity index (χ1n) is 3.88. The molecule has 14 heavy (non-hydrogen) atoms. The van der Waals surface area contributed by atoms with Crippen molar-refractivity contribution in [3.05, 3.63) is 0 Å². The van der Waals surface area contributed by atoms with Crippen molar-refractivity contribution in [2.45, 2.75) is 6.18 Å². The zero-order valence-electron chi connectivity index (χ0n) is 7.69. The SMILES string of the molecule is COC(=O)CNCCOCC(F)(F)F. The Kier molecular flexibility index (Phi) is 6.22. The van der Waals surface area contributed by atoms with E-state index in [0.29, 0.717) is 0 Å². The van der Waals surface area contributed by atoms with E-state index in [9.17, 15) is 18.0 Å². The van der Waals surface area contributed by atoms with Crippen LogP contribution in [0.1, 0.15) is 0 Å². The van der Waals surface area contributed by atoms with E-state index in [2.05, 4.69) is 14.8 Å². The second-order valence-electron chi connectivity index (χ2n) is 2.42. The number of alkyl halides is 3. The Bertz CT molecular complexity index is 172. The highest BCUT2D eigenvalue weighted by atomic mass is 19.4. The third-order valence-corrected chi connectivity index (χ3v) is 1.19. The molecule has 7 heteroatoms. The highest BCUT2D eigenvalue weighted by Crippen LogP contribution is 2.13. The molecule has 1 N–H and O–H groups in total. The number of carbonyl (C=O) groups is 1. The molecular weight excluding hydrogens is 203 g/mol. The Balaban J connectivity index is 3.18. The maximum Gasteiger partial charge on any atom is 0.411 e. The van der Waals surface area contributed by atoms with Gasteiger partial charge in [0.05, 0.1) is 20.3 Å². The third-order valence-electron chi connectivity index (χ3n) is 1.19. The number of halogens is 3. The van der Waals surface area contributed by atoms with Crippen LogP contribution in [0.2, 0.25) is 0 Å². The van der Waals surface area contributed by atoms with Gasteiger partial charge in [-0.15, -0.1) is 0 Å². The van der Waals surface area contributed by atoms with Gasteiger partial charge in [-0.3, -0.25) is 4.79 Å². The van der Waals surface area contributed by atoms with Crippen LogP contribution in [0.25, 0.3) is 0 Å². The van der Waals surface area contributed by atoms with Crippen molar-refractivity contribution in [2.24, 2.45) is 0 Å². The maximum absolute atomic E-state index is 11.5. The molecule has 0 aliphatic carbocycles. The third kappa shape index (κ3) is 9.27. The average Bonchev–Trinajstić information content (AvgIpc) is 2.08. The topological polar surface area (TPSA) is 47.6 Å². The van der Waals surface area contributed by atoms with Gasteiger partial charge in [0.2, 0.25) is 0 Å². The van der Waals surface area contributed by atoms with Gasteiger partial charge in [-0.2, -0.15) is 13.2 Å². The van der Waals surface area contributed by atoms with Crippen molar-refractivity contribution in [2.75, 3.05) is 33.4 Å². The molecule has 0 fully saturated rings. The number of carbonyl (C=O) groups excluding carboxylic acids is 1. The highest BCUT2D eigenvalue weighted by Gasteiger charge is 2.27. The summed E-state index contributed by atoms with van der Waals surface area (Å²) in [6.07, 6.45) is -4.30. The van der Waals surface area contributed by atoms with Crippen LogP contribution in [0.5, 0.6) is 0 Å². The Morgan fingerprint density at radius 1 is 1.43 bits per heavy atom. The van der Waals surface area contributed by atoms with Crippen molar-refractivity contribution in [1.82, 2.24) is 5.32 Å². The predicted molar refractivity (Wildman–Crippen MR) is 41.8 cm³/mol. The molecule has 0 unspecified atom stereocenters. The van der Waals surface area contributed by atoms with Crippen molar-refractivity contribution < 1.29 is 27.4 Å². The lowest BCUT2D eigenvalue weighted by Gasteiger charge is -2.07. The molecule has 0 spiro atoms. The van der Waals surface area contributed by atoms with E-state index < -0.39 is 18.8 Å². The second-order valence-corrected chi connectivity index (χ2v) is 2.42. The minimum absolute atomic E-state index is 0.0358. The number of hydrogen-bond donors (Lipinski definition) is 1. The van der Waals surface area contributed by atoms with Gasteiger partial charge in [-0.05, 0) is 0 Å². The number of rotatable bonds is 6. The quantitative estimate of drug-likeness (QED) is 0.512. The number of ether oxygens (including phenoxy) is 2. The first-order chi connectivity index (χ1) is 6.45. The summed E-state index contributed by atoms with van der Waals surface area (Å²) in [5, 5.41) is 2.56. The van der Waals surface area contributed by atoms with Crippen LogP contribution in [-0.4, -0.2) is 45.6 Å². The number of methoxy groups -OCH3 is 1. The molecule has 0 bridgehead atoms. The maximum atomic E-state index is 11.5. The Hall–Kier alpha value is -0.820. The minimum atomic E-state index is -4.30. The summed E-state index contributed by atoms with van der Waals surface area (Å²) in [6.45, 7) is -1.24. The van der Waals surface area contributed by atoms with Gasteiger partial charge >= 0.3 is 12.1 Å². The van der Waals surface area contributed by atoms with Gasteiger partial charge in [-0.25, -0.2) is 0 Å². The molecule has 0 radical (unpaired) electrons. The van der Waals surface area contributed by atoms with Crippen LogP contribution in [-0.2, 0) is 14.3 Å². The van der Waals surface area contributed by atoms with E-state index in [1.807, 2.05) is 0 Å². The van der Waals surface area contributed by atoms with Crippen molar-refractivity contribution in [3.63, 3.8) is 0 Å². The average molecular weight is 215 g/mol. The summed E-state index contributed by atoms with van der Waals surface area (Å²) >= 11 is 0. The summed E-state index contributed by atoms with van der Waals surface area (Å²) in [7, 11) is 1.23. The molecule has 0 aromatic rings. The minimum Gasteiger partial charge on any atom is -0.468 e. The van der Waals surface area contributed by atoms with E-state index >= 15 is 0 Å². The zero-order chi connectivity index (χ0) is 11.0. The highest BCUT2D eigenvalue weighted by molar-refractivity contribution is 5.71. The Labute approximate surface area is 79.4 Å². The molecule has 0 heterocycles. The van der Waals surface area contributed by atoms with Gasteiger partial charge in [0, 0.05) is 6.54 Å². The van der Waals surface area contributed by atoms with Crippen molar-refractivity contribution >= 4 is 5.97 Å². The fraction of sp³-hybridized carbons (Fsp3) is 0.857. The van der Waals surface area contributed by atoms with Crippen LogP contribution >= 0.6 is 0 Å². The first kappa shape index (κ1) is 13.2. The molecular formula is C7H12F3NO3. The monoisotopic (exact) mass is 215 g/mol. The van der Waals surface area contributed by atoms with Crippen molar-refractivity contribution in [1.29, 1.82) is 0 Å². The summed E-state index contributed by atoms with van der Waals surface area (Å²) < 4.78 is 43.1. The number of nitrogens with one attached hydrogen (secondary N) is 1. The van der Waals surface area contributed by atoms with Crippen LogP contribution in [0.4, 0.5) is 13.2 Å². The van der Waals surface area contributed by atoms with Gasteiger partial charge in [0.25, 0.3) is 0 Å². The molecule has 0 aliphatic rings. The van der Waals surface area contributed by atoms with Crippen LogP contribution < -0.4 is 5.32 Å². The lowest BCUT2D eigenvalue weighted by molar-refractivity contribution is -0.173. The molecule has 4 nitrogen and oxygen atoms in total. The lowest BCUT2D eigenvalue weighted by atomic mass is 10.6. The number of hydrogen-bond acceptors (Lipinski definition) is 4. The molecule has 84 valence electrons. The van der Waals surface area contributed by atoms with Crippen LogP contribution in [0.3, 0.4) is 0 Å². The fourth-order valence-electron chi connectivity index (χ4n) is 0.595. The molecule has 0 amide bonds. The molecule has 0 saturated heterocycles. The standard InChI is InChI=1S/C7H12F3NO3/c1-13-6(12)4-11-2-3-14-5-7(8,9)10/h11H,2-5H2,1H3. The first-order valence-corrected chi connectivity index (χ1v) is 3.88. The lowest BCUT2D eigenvalue weighted by Crippen LogP contribution is -2.28. The summed E-state index contributed by atoms with van der Waals surface area (Å²) in [5.74, 6) is -0.471. The van der Waals surface area contributed by atoms with Gasteiger partial charge in [-0.1, -0.05) is 0 Å². The molecule has 0 aromatic carbocycles. The van der Waals surface area contributed by atoms with E-state index in [1.54, 1.807) is 0 Å². The molecule has 0 saturated carbocycles. The second kappa shape index (κ2) is 6.61. The van der Waals surface area contributed by atoms with Gasteiger partial charge in [0.1, 0.15) is 6.61 Å². The molecule has 0 atom stereocenters. The van der Waals surface area contributed by atoms with Crippen LogP contribution in [0, 0.1) is 0 Å². The predicted octanol–water partition coefficient (Wildman–Crippen LogP) is 0.328. The molecule has 0 aliphatic heterocycles. The summed E-state index contributed by atoms with van der Waals surface area (Å²) in [4.78, 5) is 10.5. The van der Waals surface area contributed by atoms with Crippen molar-refractivity contribution in [3.8, 4) is 0 Å². The van der Waals surface area contributed by atoms with Crippen LogP contribution in [0.15, 0.2) is 0 Å². The number of esters is 1. The Morgan fingerprint density at radius 3 is 2.57 bits per heavy atom. The normalized spacial score (nSPS) is 11.4.